The van der Waals surface area contributed by atoms with E-state index in [4.69, 9.17) is 23.2 Å². The molecule has 0 bridgehead atoms. The Morgan fingerprint density at radius 2 is 2.00 bits per heavy atom. The zero-order chi connectivity index (χ0) is 14.5. The summed E-state index contributed by atoms with van der Waals surface area (Å²) in [5.74, 6) is 0.697. The second kappa shape index (κ2) is 7.65. The maximum absolute atomic E-state index is 6.27. The summed E-state index contributed by atoms with van der Waals surface area (Å²) < 4.78 is 0. The van der Waals surface area contributed by atoms with Crippen LogP contribution in [0.2, 0.25) is 10.0 Å². The number of hydrogen-bond donors (Lipinski definition) is 1. The van der Waals surface area contributed by atoms with Crippen LogP contribution in [0.15, 0.2) is 18.2 Å². The van der Waals surface area contributed by atoms with Crippen molar-refractivity contribution in [2.24, 2.45) is 5.92 Å². The number of hydrogen-bond acceptors (Lipinski definition) is 2. The third kappa shape index (κ3) is 4.36. The van der Waals surface area contributed by atoms with Crippen molar-refractivity contribution in [2.75, 3.05) is 19.6 Å². The van der Waals surface area contributed by atoms with Crippen molar-refractivity contribution in [3.05, 3.63) is 33.8 Å². The third-order valence-electron chi connectivity index (χ3n) is 3.85. The first kappa shape index (κ1) is 16.1. The third-order valence-corrected chi connectivity index (χ3v) is 4.56. The molecule has 1 heterocycles. The second-order valence-electron chi connectivity index (χ2n) is 6.02. The van der Waals surface area contributed by atoms with E-state index in [2.05, 4.69) is 24.1 Å². The average Bonchev–Trinajstić information content (AvgIpc) is 2.81. The van der Waals surface area contributed by atoms with Crippen molar-refractivity contribution in [1.29, 1.82) is 0 Å². The SMILES string of the molecule is CC(C)CNCC1CCCN1Cc1c(Cl)cccc1Cl. The van der Waals surface area contributed by atoms with Gasteiger partial charge >= 0.3 is 0 Å². The standard InChI is InChI=1S/C16H24Cl2N2/c1-12(2)9-19-10-13-5-4-8-20(13)11-14-15(17)6-3-7-16(14)18/h3,6-7,12-13,19H,4-5,8-11H2,1-2H3. The summed E-state index contributed by atoms with van der Waals surface area (Å²) in [4.78, 5) is 2.50. The molecule has 0 spiro atoms. The van der Waals surface area contributed by atoms with Crippen molar-refractivity contribution in [1.82, 2.24) is 10.2 Å². The maximum Gasteiger partial charge on any atom is 0.0465 e. The Morgan fingerprint density at radius 1 is 1.30 bits per heavy atom. The highest BCUT2D eigenvalue weighted by atomic mass is 35.5. The van der Waals surface area contributed by atoms with Gasteiger partial charge in [-0.2, -0.15) is 0 Å². The number of rotatable bonds is 6. The van der Waals surface area contributed by atoms with Crippen LogP contribution in [-0.4, -0.2) is 30.6 Å². The van der Waals surface area contributed by atoms with Gasteiger partial charge in [-0.3, -0.25) is 4.90 Å². The number of likely N-dealkylation sites (tertiary alicyclic amines) is 1. The first-order valence-corrected chi connectivity index (χ1v) is 8.21. The quantitative estimate of drug-likeness (QED) is 0.846. The van der Waals surface area contributed by atoms with Crippen LogP contribution in [0.1, 0.15) is 32.3 Å². The molecule has 1 N–H and O–H groups in total. The molecule has 0 saturated carbocycles. The van der Waals surface area contributed by atoms with Crippen molar-refractivity contribution in [3.63, 3.8) is 0 Å². The Hall–Kier alpha value is -0.280. The van der Waals surface area contributed by atoms with Crippen LogP contribution in [0.25, 0.3) is 0 Å². The van der Waals surface area contributed by atoms with E-state index in [1.807, 2.05) is 18.2 Å². The molecule has 1 atom stereocenters. The van der Waals surface area contributed by atoms with Gasteiger partial charge in [0.2, 0.25) is 0 Å². The van der Waals surface area contributed by atoms with E-state index >= 15 is 0 Å². The van der Waals surface area contributed by atoms with Crippen LogP contribution < -0.4 is 5.32 Å². The van der Waals surface area contributed by atoms with Crippen molar-refractivity contribution in [2.45, 2.75) is 39.3 Å². The molecular weight excluding hydrogens is 291 g/mol. The highest BCUT2D eigenvalue weighted by Gasteiger charge is 2.25. The molecule has 0 aliphatic carbocycles. The predicted octanol–water partition coefficient (Wildman–Crippen LogP) is 4.20. The Bertz CT molecular complexity index is 414. The van der Waals surface area contributed by atoms with Gasteiger partial charge in [0.15, 0.2) is 0 Å². The molecule has 2 rings (SSSR count). The van der Waals surface area contributed by atoms with Crippen LogP contribution >= 0.6 is 23.2 Å². The van der Waals surface area contributed by atoms with Crippen molar-refractivity contribution >= 4 is 23.2 Å². The first-order chi connectivity index (χ1) is 9.58. The lowest BCUT2D eigenvalue weighted by atomic mass is 10.1. The van der Waals surface area contributed by atoms with Gasteiger partial charge in [0.25, 0.3) is 0 Å². The Morgan fingerprint density at radius 3 is 2.65 bits per heavy atom. The number of nitrogens with one attached hydrogen (secondary N) is 1. The van der Waals surface area contributed by atoms with Gasteiger partial charge in [0.1, 0.15) is 0 Å². The maximum atomic E-state index is 6.27. The molecule has 2 nitrogen and oxygen atoms in total. The zero-order valence-electron chi connectivity index (χ0n) is 12.3. The summed E-state index contributed by atoms with van der Waals surface area (Å²) in [6.07, 6.45) is 2.52. The summed E-state index contributed by atoms with van der Waals surface area (Å²) in [5.41, 5.74) is 1.06. The fourth-order valence-electron chi connectivity index (χ4n) is 2.76. The molecule has 0 radical (unpaired) electrons. The van der Waals surface area contributed by atoms with Crippen molar-refractivity contribution < 1.29 is 0 Å². The van der Waals surface area contributed by atoms with Crippen LogP contribution in [0.5, 0.6) is 0 Å². The van der Waals surface area contributed by atoms with Gasteiger partial charge in [-0.15, -0.1) is 0 Å². The molecule has 20 heavy (non-hydrogen) atoms. The molecule has 1 unspecified atom stereocenters. The molecule has 1 aromatic carbocycles. The molecule has 0 aromatic heterocycles. The minimum absolute atomic E-state index is 0.598. The Kier molecular flexibility index (Phi) is 6.16. The molecule has 1 aliphatic heterocycles. The summed E-state index contributed by atoms with van der Waals surface area (Å²) in [6, 6.07) is 6.34. The monoisotopic (exact) mass is 314 g/mol. The molecule has 1 saturated heterocycles. The fourth-order valence-corrected chi connectivity index (χ4v) is 3.28. The predicted molar refractivity (Wildman–Crippen MR) is 87.6 cm³/mol. The van der Waals surface area contributed by atoms with E-state index in [9.17, 15) is 0 Å². The minimum Gasteiger partial charge on any atom is -0.315 e. The smallest absolute Gasteiger partial charge is 0.0465 e. The Balaban J connectivity index is 1.94. The van der Waals surface area contributed by atoms with Crippen LogP contribution in [-0.2, 0) is 6.54 Å². The van der Waals surface area contributed by atoms with Gasteiger partial charge in [-0.25, -0.2) is 0 Å². The van der Waals surface area contributed by atoms with E-state index in [1.54, 1.807) is 0 Å². The molecule has 112 valence electrons. The lowest BCUT2D eigenvalue weighted by Gasteiger charge is -2.26. The van der Waals surface area contributed by atoms with Crippen molar-refractivity contribution in [3.8, 4) is 0 Å². The number of nitrogens with zero attached hydrogens (tertiary/aromatic N) is 1. The van der Waals surface area contributed by atoms with Crippen LogP contribution in [0.3, 0.4) is 0 Å². The first-order valence-electron chi connectivity index (χ1n) is 7.45. The van der Waals surface area contributed by atoms with E-state index in [-0.39, 0.29) is 0 Å². The number of halogens is 2. The molecule has 1 fully saturated rings. The second-order valence-corrected chi connectivity index (χ2v) is 6.83. The average molecular weight is 315 g/mol. The van der Waals surface area contributed by atoms with Gasteiger partial charge < -0.3 is 5.32 Å². The highest BCUT2D eigenvalue weighted by Crippen LogP contribution is 2.28. The Labute approximate surface area is 132 Å². The lowest BCUT2D eigenvalue weighted by molar-refractivity contribution is 0.238. The van der Waals surface area contributed by atoms with E-state index in [0.29, 0.717) is 12.0 Å². The zero-order valence-corrected chi connectivity index (χ0v) is 13.8. The summed E-state index contributed by atoms with van der Waals surface area (Å²) in [5, 5.41) is 5.12. The molecule has 1 aliphatic rings. The fraction of sp³-hybridized carbons (Fsp3) is 0.625. The van der Waals surface area contributed by atoms with E-state index < -0.39 is 0 Å². The summed E-state index contributed by atoms with van der Waals surface area (Å²) in [7, 11) is 0. The van der Waals surface area contributed by atoms with Gasteiger partial charge in [-0.05, 0) is 44.0 Å². The summed E-state index contributed by atoms with van der Waals surface area (Å²) in [6.45, 7) is 8.60. The van der Waals surface area contributed by atoms with Crippen LogP contribution in [0, 0.1) is 5.92 Å². The van der Waals surface area contributed by atoms with Crippen LogP contribution in [0.4, 0.5) is 0 Å². The van der Waals surface area contributed by atoms with Gasteiger partial charge in [0.05, 0.1) is 0 Å². The van der Waals surface area contributed by atoms with Gasteiger partial charge in [-0.1, -0.05) is 43.1 Å². The van der Waals surface area contributed by atoms with Gasteiger partial charge in [0, 0.05) is 34.7 Å². The van der Waals surface area contributed by atoms with E-state index in [1.165, 1.54) is 12.8 Å². The molecule has 4 heteroatoms. The molecule has 1 aromatic rings. The minimum atomic E-state index is 0.598. The topological polar surface area (TPSA) is 15.3 Å². The summed E-state index contributed by atoms with van der Waals surface area (Å²) >= 11 is 12.5. The molecular formula is C16H24Cl2N2. The largest absolute Gasteiger partial charge is 0.315 e. The lowest BCUT2D eigenvalue weighted by Crippen LogP contribution is -2.38. The highest BCUT2D eigenvalue weighted by molar-refractivity contribution is 6.35. The van der Waals surface area contributed by atoms with E-state index in [0.717, 1.165) is 41.8 Å². The normalized spacial score (nSPS) is 19.9. The molecule has 0 amide bonds. The number of benzene rings is 1.